The summed E-state index contributed by atoms with van der Waals surface area (Å²) in [6.45, 7) is 1.16. The van der Waals surface area contributed by atoms with E-state index in [9.17, 15) is 4.79 Å². The lowest BCUT2D eigenvalue weighted by atomic mass is 10.3. The normalized spacial score (nSPS) is 17.0. The number of nitrogens with one attached hydrogen (secondary N) is 1. The van der Waals surface area contributed by atoms with Crippen LogP contribution in [0, 0.1) is 0 Å². The van der Waals surface area contributed by atoms with E-state index in [1.54, 1.807) is 18.1 Å². The second-order valence-corrected chi connectivity index (χ2v) is 5.87. The van der Waals surface area contributed by atoms with Gasteiger partial charge in [0.05, 0.1) is 12.7 Å². The van der Waals surface area contributed by atoms with Gasteiger partial charge in [0.25, 0.3) is 0 Å². The first kappa shape index (κ1) is 16.0. The predicted molar refractivity (Wildman–Crippen MR) is 89.2 cm³/mol. The smallest absolute Gasteiger partial charge is 0.323 e. The molecule has 2 aromatic heterocycles. The summed E-state index contributed by atoms with van der Waals surface area (Å²) in [7, 11) is 5.57. The van der Waals surface area contributed by atoms with Gasteiger partial charge in [-0.15, -0.1) is 5.10 Å². The Morgan fingerprint density at radius 3 is 3.00 bits per heavy atom. The maximum atomic E-state index is 12.3. The van der Waals surface area contributed by atoms with Gasteiger partial charge in [-0.25, -0.2) is 14.5 Å². The van der Waals surface area contributed by atoms with Gasteiger partial charge >= 0.3 is 6.03 Å². The Morgan fingerprint density at radius 2 is 2.29 bits per heavy atom. The molecule has 1 atom stereocenters. The fraction of sp³-hybridized carbons (Fsp3) is 0.467. The number of ether oxygens (including phenoxy) is 1. The lowest BCUT2D eigenvalue weighted by Gasteiger charge is -2.20. The van der Waals surface area contributed by atoms with Crippen LogP contribution in [0.2, 0.25) is 0 Å². The number of likely N-dealkylation sites (tertiary alicyclic amines) is 1. The molecule has 128 valence electrons. The van der Waals surface area contributed by atoms with Crippen LogP contribution in [0.4, 0.5) is 16.4 Å². The van der Waals surface area contributed by atoms with Crippen LogP contribution in [0.25, 0.3) is 0 Å². The molecule has 0 aromatic carbocycles. The van der Waals surface area contributed by atoms with Crippen LogP contribution in [-0.4, -0.2) is 64.2 Å². The van der Waals surface area contributed by atoms with Gasteiger partial charge in [0, 0.05) is 40.3 Å². The van der Waals surface area contributed by atoms with E-state index >= 15 is 0 Å². The first-order valence-electron chi connectivity index (χ1n) is 7.74. The summed E-state index contributed by atoms with van der Waals surface area (Å²) in [6.07, 6.45) is 3.97. The van der Waals surface area contributed by atoms with Crippen LogP contribution in [0.15, 0.2) is 24.5 Å². The SMILES string of the molecule is CN(C)c1ncccc1OC1CCN(C(=O)Nc2cnnn2C)C1. The van der Waals surface area contributed by atoms with E-state index in [1.165, 1.54) is 10.9 Å². The Labute approximate surface area is 140 Å². The molecule has 9 nitrogen and oxygen atoms in total. The third-order valence-electron chi connectivity index (χ3n) is 3.85. The largest absolute Gasteiger partial charge is 0.485 e. The average Bonchev–Trinajstić information content (AvgIpc) is 3.17. The van der Waals surface area contributed by atoms with E-state index in [1.807, 2.05) is 31.1 Å². The number of pyridine rings is 1. The minimum atomic E-state index is -0.175. The lowest BCUT2D eigenvalue weighted by molar-refractivity contribution is 0.195. The van der Waals surface area contributed by atoms with Crippen LogP contribution in [-0.2, 0) is 7.05 Å². The highest BCUT2D eigenvalue weighted by Gasteiger charge is 2.28. The van der Waals surface area contributed by atoms with E-state index in [4.69, 9.17) is 4.74 Å². The highest BCUT2D eigenvalue weighted by atomic mass is 16.5. The maximum Gasteiger partial charge on any atom is 0.323 e. The number of anilines is 2. The third-order valence-corrected chi connectivity index (χ3v) is 3.85. The molecule has 0 saturated carbocycles. The molecule has 1 N–H and O–H groups in total. The van der Waals surface area contributed by atoms with E-state index in [-0.39, 0.29) is 12.1 Å². The number of amides is 2. The minimum Gasteiger partial charge on any atom is -0.485 e. The van der Waals surface area contributed by atoms with Gasteiger partial charge < -0.3 is 14.5 Å². The predicted octanol–water partition coefficient (Wildman–Crippen LogP) is 0.961. The van der Waals surface area contributed by atoms with Crippen molar-refractivity contribution in [1.82, 2.24) is 24.9 Å². The van der Waals surface area contributed by atoms with E-state index in [0.717, 1.165) is 18.0 Å². The Morgan fingerprint density at radius 1 is 1.46 bits per heavy atom. The molecule has 2 aromatic rings. The van der Waals surface area contributed by atoms with Crippen molar-refractivity contribution in [3.63, 3.8) is 0 Å². The first-order valence-corrected chi connectivity index (χ1v) is 7.74. The summed E-state index contributed by atoms with van der Waals surface area (Å²) in [5.74, 6) is 2.07. The standard InChI is InChI=1S/C15H21N7O2/c1-20(2)14-12(5-4-7-16-14)24-11-6-8-22(10-11)15(23)18-13-9-17-19-21(13)3/h4-5,7,9,11H,6,8,10H2,1-3H3,(H,18,23). The Hall–Kier alpha value is -2.84. The quantitative estimate of drug-likeness (QED) is 0.898. The van der Waals surface area contributed by atoms with Gasteiger partial charge in [-0.2, -0.15) is 0 Å². The molecular formula is C15H21N7O2. The second kappa shape index (κ2) is 6.73. The molecular weight excluding hydrogens is 310 g/mol. The summed E-state index contributed by atoms with van der Waals surface area (Å²) in [6, 6.07) is 3.56. The van der Waals surface area contributed by atoms with Gasteiger partial charge in [-0.1, -0.05) is 5.21 Å². The van der Waals surface area contributed by atoms with Gasteiger partial charge in [-0.3, -0.25) is 5.32 Å². The van der Waals surface area contributed by atoms with Crippen LogP contribution in [0.3, 0.4) is 0 Å². The molecule has 1 aliphatic heterocycles. The molecule has 1 saturated heterocycles. The van der Waals surface area contributed by atoms with Crippen LogP contribution in [0.5, 0.6) is 5.75 Å². The topological polar surface area (TPSA) is 88.4 Å². The molecule has 0 bridgehead atoms. The molecule has 3 heterocycles. The molecule has 3 rings (SSSR count). The Bertz CT molecular complexity index is 715. The molecule has 0 spiro atoms. The Balaban J connectivity index is 1.60. The summed E-state index contributed by atoms with van der Waals surface area (Å²) < 4.78 is 7.57. The van der Waals surface area contributed by atoms with Gasteiger partial charge in [0.2, 0.25) is 0 Å². The number of aromatic nitrogens is 4. The van der Waals surface area contributed by atoms with Crippen molar-refractivity contribution in [3.8, 4) is 5.75 Å². The molecule has 2 amide bonds. The number of carbonyl (C=O) groups is 1. The number of nitrogens with zero attached hydrogens (tertiary/aromatic N) is 6. The molecule has 9 heteroatoms. The van der Waals surface area contributed by atoms with Crippen LogP contribution < -0.4 is 15.0 Å². The molecule has 1 aliphatic rings. The number of hydrogen-bond donors (Lipinski definition) is 1. The summed E-state index contributed by atoms with van der Waals surface area (Å²) in [5.41, 5.74) is 0. The van der Waals surface area contributed by atoms with E-state index in [2.05, 4.69) is 20.6 Å². The number of hydrogen-bond acceptors (Lipinski definition) is 6. The molecule has 0 radical (unpaired) electrons. The Kier molecular flexibility index (Phi) is 4.50. The highest BCUT2D eigenvalue weighted by Crippen LogP contribution is 2.26. The molecule has 24 heavy (non-hydrogen) atoms. The molecule has 0 aliphatic carbocycles. The fourth-order valence-electron chi connectivity index (χ4n) is 2.59. The van der Waals surface area contributed by atoms with Crippen molar-refractivity contribution >= 4 is 17.7 Å². The monoisotopic (exact) mass is 331 g/mol. The van der Waals surface area contributed by atoms with Crippen molar-refractivity contribution < 1.29 is 9.53 Å². The number of aryl methyl sites for hydroxylation is 1. The number of urea groups is 1. The van der Waals surface area contributed by atoms with Gasteiger partial charge in [0.1, 0.15) is 6.10 Å². The van der Waals surface area contributed by atoms with E-state index in [0.29, 0.717) is 18.9 Å². The maximum absolute atomic E-state index is 12.3. The first-order chi connectivity index (χ1) is 11.5. The van der Waals surface area contributed by atoms with Gasteiger partial charge in [-0.05, 0) is 12.1 Å². The van der Waals surface area contributed by atoms with Crippen molar-refractivity contribution in [2.24, 2.45) is 7.05 Å². The highest BCUT2D eigenvalue weighted by molar-refractivity contribution is 5.88. The number of rotatable bonds is 4. The van der Waals surface area contributed by atoms with Gasteiger partial charge in [0.15, 0.2) is 17.4 Å². The van der Waals surface area contributed by atoms with Crippen molar-refractivity contribution in [2.75, 3.05) is 37.4 Å². The summed E-state index contributed by atoms with van der Waals surface area (Å²) in [5, 5.41) is 10.3. The van der Waals surface area contributed by atoms with Crippen molar-refractivity contribution in [1.29, 1.82) is 0 Å². The summed E-state index contributed by atoms with van der Waals surface area (Å²) >= 11 is 0. The van der Waals surface area contributed by atoms with Crippen LogP contribution >= 0.6 is 0 Å². The molecule has 1 fully saturated rings. The summed E-state index contributed by atoms with van der Waals surface area (Å²) in [4.78, 5) is 20.3. The fourth-order valence-corrected chi connectivity index (χ4v) is 2.59. The van der Waals surface area contributed by atoms with Crippen molar-refractivity contribution in [2.45, 2.75) is 12.5 Å². The zero-order chi connectivity index (χ0) is 17.1. The van der Waals surface area contributed by atoms with Crippen molar-refractivity contribution in [3.05, 3.63) is 24.5 Å². The van der Waals surface area contributed by atoms with Crippen LogP contribution in [0.1, 0.15) is 6.42 Å². The number of carbonyl (C=O) groups excluding carboxylic acids is 1. The second-order valence-electron chi connectivity index (χ2n) is 5.87. The minimum absolute atomic E-state index is 0.0525. The van der Waals surface area contributed by atoms with E-state index < -0.39 is 0 Å². The molecule has 1 unspecified atom stereocenters. The zero-order valence-corrected chi connectivity index (χ0v) is 14.0. The zero-order valence-electron chi connectivity index (χ0n) is 14.0. The average molecular weight is 331 g/mol. The lowest BCUT2D eigenvalue weighted by Crippen LogP contribution is -2.35. The third kappa shape index (κ3) is 3.39.